The van der Waals surface area contributed by atoms with Crippen LogP contribution in [-0.2, 0) is 14.3 Å². The van der Waals surface area contributed by atoms with E-state index in [1.807, 2.05) is 25.9 Å². The molecule has 0 amide bonds. The molecule has 0 atom stereocenters. The molecular weight excluding hydrogens is 170 g/mol. The fourth-order valence-electron chi connectivity index (χ4n) is 1.34. The van der Waals surface area contributed by atoms with E-state index in [4.69, 9.17) is 9.47 Å². The van der Waals surface area contributed by atoms with E-state index in [-0.39, 0.29) is 11.5 Å². The summed E-state index contributed by atoms with van der Waals surface area (Å²) in [7, 11) is 3.92. The molecule has 1 heterocycles. The number of esters is 1. The van der Waals surface area contributed by atoms with Crippen LogP contribution in [0.15, 0.2) is 0 Å². The van der Waals surface area contributed by atoms with Gasteiger partial charge in [0, 0.05) is 0 Å². The van der Waals surface area contributed by atoms with E-state index < -0.39 is 0 Å². The van der Waals surface area contributed by atoms with Gasteiger partial charge in [-0.3, -0.25) is 9.69 Å². The predicted octanol–water partition coefficient (Wildman–Crippen LogP) is 0.270. The Morgan fingerprint density at radius 3 is 2.46 bits per heavy atom. The molecule has 0 aromatic heterocycles. The van der Waals surface area contributed by atoms with Crippen molar-refractivity contribution in [2.45, 2.75) is 18.9 Å². The number of hydrogen-bond donors (Lipinski definition) is 0. The number of hydrogen-bond acceptors (Lipinski definition) is 4. The second-order valence-electron chi connectivity index (χ2n) is 3.59. The number of rotatable bonds is 4. The third-order valence-corrected chi connectivity index (χ3v) is 2.47. The number of nitrogens with zero attached hydrogens (tertiary/aromatic N) is 1. The van der Waals surface area contributed by atoms with Crippen LogP contribution in [0.5, 0.6) is 0 Å². The van der Waals surface area contributed by atoms with Crippen molar-refractivity contribution in [3.8, 4) is 0 Å². The molecule has 0 N–H and O–H groups in total. The molecule has 1 aliphatic heterocycles. The molecule has 0 aromatic rings. The standard InChI is InChI=1S/C9H17NO3/c1-4-13-8(11)5-9(10(2)3)6-12-7-9/h4-7H2,1-3H3. The van der Waals surface area contributed by atoms with Crippen LogP contribution < -0.4 is 0 Å². The van der Waals surface area contributed by atoms with Crippen LogP contribution >= 0.6 is 0 Å². The topological polar surface area (TPSA) is 38.8 Å². The summed E-state index contributed by atoms with van der Waals surface area (Å²) in [6.45, 7) is 3.51. The van der Waals surface area contributed by atoms with Gasteiger partial charge in [-0.2, -0.15) is 0 Å². The maximum atomic E-state index is 11.3. The molecule has 0 saturated carbocycles. The van der Waals surface area contributed by atoms with E-state index in [0.29, 0.717) is 26.2 Å². The summed E-state index contributed by atoms with van der Waals surface area (Å²) in [5.41, 5.74) is -0.119. The highest BCUT2D eigenvalue weighted by Gasteiger charge is 2.43. The Labute approximate surface area is 78.8 Å². The largest absolute Gasteiger partial charge is 0.466 e. The van der Waals surface area contributed by atoms with Gasteiger partial charge in [0.1, 0.15) is 0 Å². The van der Waals surface area contributed by atoms with Crippen molar-refractivity contribution >= 4 is 5.97 Å². The number of carbonyl (C=O) groups excluding carboxylic acids is 1. The SMILES string of the molecule is CCOC(=O)CC1(N(C)C)COC1. The summed E-state index contributed by atoms with van der Waals surface area (Å²) in [6, 6.07) is 0. The summed E-state index contributed by atoms with van der Waals surface area (Å²) in [6.07, 6.45) is 0.424. The fraction of sp³-hybridized carbons (Fsp3) is 0.889. The summed E-state index contributed by atoms with van der Waals surface area (Å²) < 4.78 is 10.0. The Morgan fingerprint density at radius 2 is 2.15 bits per heavy atom. The quantitative estimate of drug-likeness (QED) is 0.592. The fourth-order valence-corrected chi connectivity index (χ4v) is 1.34. The molecule has 4 nitrogen and oxygen atoms in total. The van der Waals surface area contributed by atoms with Crippen LogP contribution in [0.3, 0.4) is 0 Å². The van der Waals surface area contributed by atoms with Crippen molar-refractivity contribution in [1.82, 2.24) is 4.90 Å². The Balaban J connectivity index is 2.44. The molecule has 0 unspecified atom stereocenters. The van der Waals surface area contributed by atoms with Crippen molar-refractivity contribution < 1.29 is 14.3 Å². The lowest BCUT2D eigenvalue weighted by Gasteiger charge is -2.45. The first-order valence-electron chi connectivity index (χ1n) is 4.51. The van der Waals surface area contributed by atoms with E-state index in [1.165, 1.54) is 0 Å². The Bertz CT molecular complexity index is 187. The lowest BCUT2D eigenvalue weighted by atomic mass is 9.92. The molecule has 0 bridgehead atoms. The minimum absolute atomic E-state index is 0.119. The average molecular weight is 187 g/mol. The van der Waals surface area contributed by atoms with Gasteiger partial charge in [-0.25, -0.2) is 0 Å². The van der Waals surface area contributed by atoms with Crippen molar-refractivity contribution in [2.75, 3.05) is 33.9 Å². The molecule has 4 heteroatoms. The number of ether oxygens (including phenoxy) is 2. The first kappa shape index (κ1) is 10.5. The first-order chi connectivity index (χ1) is 6.10. The van der Waals surface area contributed by atoms with Gasteiger partial charge in [-0.15, -0.1) is 0 Å². The predicted molar refractivity (Wildman–Crippen MR) is 48.5 cm³/mol. The van der Waals surface area contributed by atoms with Crippen molar-refractivity contribution in [3.63, 3.8) is 0 Å². The van der Waals surface area contributed by atoms with Gasteiger partial charge >= 0.3 is 5.97 Å². The average Bonchev–Trinajstić information content (AvgIpc) is 1.96. The molecule has 0 spiro atoms. The number of likely N-dealkylation sites (N-methyl/N-ethyl adjacent to an activating group) is 1. The minimum atomic E-state index is -0.139. The Morgan fingerprint density at radius 1 is 1.54 bits per heavy atom. The first-order valence-corrected chi connectivity index (χ1v) is 4.51. The second-order valence-corrected chi connectivity index (χ2v) is 3.59. The third kappa shape index (κ3) is 2.19. The lowest BCUT2D eigenvalue weighted by Crippen LogP contribution is -2.60. The Kier molecular flexibility index (Phi) is 3.27. The van der Waals surface area contributed by atoms with E-state index in [2.05, 4.69) is 0 Å². The van der Waals surface area contributed by atoms with Crippen LogP contribution in [-0.4, -0.2) is 50.3 Å². The van der Waals surface area contributed by atoms with Gasteiger partial charge in [0.2, 0.25) is 0 Å². The van der Waals surface area contributed by atoms with Gasteiger partial charge < -0.3 is 9.47 Å². The smallest absolute Gasteiger partial charge is 0.307 e. The third-order valence-electron chi connectivity index (χ3n) is 2.47. The molecule has 0 radical (unpaired) electrons. The molecule has 0 aliphatic carbocycles. The van der Waals surface area contributed by atoms with Crippen LogP contribution in [0.25, 0.3) is 0 Å². The maximum absolute atomic E-state index is 11.3. The van der Waals surface area contributed by atoms with Crippen LogP contribution in [0.2, 0.25) is 0 Å². The van der Waals surface area contributed by atoms with Crippen LogP contribution in [0.1, 0.15) is 13.3 Å². The van der Waals surface area contributed by atoms with E-state index in [1.54, 1.807) is 0 Å². The molecule has 1 saturated heterocycles. The van der Waals surface area contributed by atoms with Crippen LogP contribution in [0, 0.1) is 0 Å². The van der Waals surface area contributed by atoms with Gasteiger partial charge in [-0.1, -0.05) is 0 Å². The zero-order valence-corrected chi connectivity index (χ0v) is 8.50. The lowest BCUT2D eigenvalue weighted by molar-refractivity contribution is -0.163. The molecular formula is C9H17NO3. The minimum Gasteiger partial charge on any atom is -0.466 e. The second kappa shape index (κ2) is 4.07. The highest BCUT2D eigenvalue weighted by molar-refractivity contribution is 5.71. The highest BCUT2D eigenvalue weighted by Crippen LogP contribution is 2.26. The van der Waals surface area contributed by atoms with Crippen LogP contribution in [0.4, 0.5) is 0 Å². The summed E-state index contributed by atoms with van der Waals surface area (Å²) in [4.78, 5) is 13.3. The molecule has 1 rings (SSSR count). The zero-order chi connectivity index (χ0) is 9.90. The van der Waals surface area contributed by atoms with Gasteiger partial charge in [-0.05, 0) is 21.0 Å². The zero-order valence-electron chi connectivity index (χ0n) is 8.50. The molecule has 1 aliphatic rings. The monoisotopic (exact) mass is 187 g/mol. The van der Waals surface area contributed by atoms with Crippen molar-refractivity contribution in [2.24, 2.45) is 0 Å². The summed E-state index contributed by atoms with van der Waals surface area (Å²) >= 11 is 0. The van der Waals surface area contributed by atoms with E-state index in [0.717, 1.165) is 0 Å². The molecule has 13 heavy (non-hydrogen) atoms. The highest BCUT2D eigenvalue weighted by atomic mass is 16.5. The van der Waals surface area contributed by atoms with Gasteiger partial charge in [0.05, 0.1) is 31.8 Å². The maximum Gasteiger partial charge on any atom is 0.307 e. The van der Waals surface area contributed by atoms with Crippen molar-refractivity contribution in [3.05, 3.63) is 0 Å². The molecule has 1 fully saturated rings. The number of carbonyl (C=O) groups is 1. The Hall–Kier alpha value is -0.610. The molecule has 0 aromatic carbocycles. The summed E-state index contributed by atoms with van der Waals surface area (Å²) in [5.74, 6) is -0.139. The van der Waals surface area contributed by atoms with Crippen molar-refractivity contribution in [1.29, 1.82) is 0 Å². The molecule has 76 valence electrons. The van der Waals surface area contributed by atoms with E-state index in [9.17, 15) is 4.79 Å². The van der Waals surface area contributed by atoms with E-state index >= 15 is 0 Å². The van der Waals surface area contributed by atoms with Gasteiger partial charge in [0.15, 0.2) is 0 Å². The normalized spacial score (nSPS) is 19.7. The summed E-state index contributed by atoms with van der Waals surface area (Å²) in [5, 5.41) is 0. The van der Waals surface area contributed by atoms with Gasteiger partial charge in [0.25, 0.3) is 0 Å².